The molecule has 1 aliphatic heterocycles. The molecule has 1 unspecified atom stereocenters. The van der Waals surface area contributed by atoms with E-state index in [-0.39, 0.29) is 10.7 Å². The molecule has 6 heteroatoms. The molecule has 0 aliphatic carbocycles. The molecular weight excluding hydrogens is 268 g/mol. The van der Waals surface area contributed by atoms with E-state index in [1.54, 1.807) is 4.31 Å². The van der Waals surface area contributed by atoms with E-state index in [2.05, 4.69) is 20.8 Å². The number of rotatable bonds is 2. The summed E-state index contributed by atoms with van der Waals surface area (Å²) < 4.78 is 25.0. The second-order valence-electron chi connectivity index (χ2n) is 3.80. The van der Waals surface area contributed by atoms with Crippen molar-refractivity contribution in [3.8, 4) is 0 Å². The van der Waals surface area contributed by atoms with Crippen molar-refractivity contribution < 1.29 is 8.42 Å². The van der Waals surface area contributed by atoms with Gasteiger partial charge in [0.25, 0.3) is 0 Å². The fourth-order valence-electron chi connectivity index (χ4n) is 1.83. The Morgan fingerprint density at radius 1 is 1.43 bits per heavy atom. The minimum absolute atomic E-state index is 0.0219. The van der Waals surface area contributed by atoms with Gasteiger partial charge in [-0.25, -0.2) is 8.42 Å². The molecule has 1 rings (SSSR count). The van der Waals surface area contributed by atoms with Crippen molar-refractivity contribution >= 4 is 26.0 Å². The highest BCUT2D eigenvalue weighted by molar-refractivity contribution is 9.10. The van der Waals surface area contributed by atoms with E-state index < -0.39 is 10.0 Å². The first-order valence-corrected chi connectivity index (χ1v) is 7.44. The Labute approximate surface area is 94.4 Å². The summed E-state index contributed by atoms with van der Waals surface area (Å²) in [6, 6.07) is 0.0741. The van der Waals surface area contributed by atoms with Crippen LogP contribution in [0.25, 0.3) is 0 Å². The number of hydrogen-bond donors (Lipinski definition) is 0. The third kappa shape index (κ3) is 2.92. The molecule has 1 heterocycles. The van der Waals surface area contributed by atoms with Crippen LogP contribution >= 0.6 is 15.9 Å². The summed E-state index contributed by atoms with van der Waals surface area (Å²) in [6.45, 7) is 4.38. The fourth-order valence-corrected chi connectivity index (χ4v) is 3.76. The lowest BCUT2D eigenvalue weighted by molar-refractivity contribution is 0.291. The van der Waals surface area contributed by atoms with Crippen molar-refractivity contribution in [2.24, 2.45) is 0 Å². The van der Waals surface area contributed by atoms with E-state index >= 15 is 0 Å². The number of hydrogen-bond acceptors (Lipinski definition) is 3. The Morgan fingerprint density at radius 3 is 2.64 bits per heavy atom. The molecule has 0 bridgehead atoms. The van der Waals surface area contributed by atoms with E-state index in [0.717, 1.165) is 19.5 Å². The second kappa shape index (κ2) is 4.92. The lowest BCUT2D eigenvalue weighted by Gasteiger charge is -2.26. The molecule has 0 saturated carbocycles. The molecule has 0 N–H and O–H groups in total. The van der Waals surface area contributed by atoms with Gasteiger partial charge in [-0.2, -0.15) is 4.31 Å². The maximum absolute atomic E-state index is 11.7. The van der Waals surface area contributed by atoms with Gasteiger partial charge in [-0.05, 0) is 26.9 Å². The molecule has 84 valence electrons. The van der Waals surface area contributed by atoms with Gasteiger partial charge in [-0.15, -0.1) is 0 Å². The van der Waals surface area contributed by atoms with E-state index in [4.69, 9.17) is 0 Å². The molecule has 4 nitrogen and oxygen atoms in total. The predicted molar refractivity (Wildman–Crippen MR) is 61.0 cm³/mol. The summed E-state index contributed by atoms with van der Waals surface area (Å²) in [6.07, 6.45) is 0.910. The molecule has 0 amide bonds. The van der Waals surface area contributed by atoms with Crippen LogP contribution in [0.1, 0.15) is 13.3 Å². The van der Waals surface area contributed by atoms with Crippen LogP contribution in [0.5, 0.6) is 0 Å². The molecule has 1 aliphatic rings. The Balaban J connectivity index is 2.78. The molecule has 0 aromatic carbocycles. The van der Waals surface area contributed by atoms with Crippen molar-refractivity contribution in [3.63, 3.8) is 0 Å². The Hall–Kier alpha value is 0.350. The monoisotopic (exact) mass is 284 g/mol. The maximum Gasteiger partial charge on any atom is 0.224 e. The predicted octanol–water partition coefficient (Wildman–Crippen LogP) is 0.695. The van der Waals surface area contributed by atoms with Gasteiger partial charge in [-0.3, -0.25) is 0 Å². The summed E-state index contributed by atoms with van der Waals surface area (Å²) in [7, 11) is -1.07. The van der Waals surface area contributed by atoms with E-state index in [9.17, 15) is 8.42 Å². The summed E-state index contributed by atoms with van der Waals surface area (Å²) in [4.78, 5) is 2.18. The zero-order valence-corrected chi connectivity index (χ0v) is 11.0. The maximum atomic E-state index is 11.7. The SMILES string of the molecule is CC1CN(C)CCCN1S(=O)(=O)CBr. The summed E-state index contributed by atoms with van der Waals surface area (Å²) in [5.74, 6) is 0. The van der Waals surface area contributed by atoms with Gasteiger partial charge in [0.05, 0.1) is 0 Å². The van der Waals surface area contributed by atoms with Crippen molar-refractivity contribution in [2.45, 2.75) is 19.4 Å². The van der Waals surface area contributed by atoms with Gasteiger partial charge in [0.1, 0.15) is 4.66 Å². The van der Waals surface area contributed by atoms with E-state index in [1.807, 2.05) is 14.0 Å². The molecule has 0 radical (unpaired) electrons. The highest BCUT2D eigenvalue weighted by Crippen LogP contribution is 2.14. The van der Waals surface area contributed by atoms with Crippen LogP contribution in [0.15, 0.2) is 0 Å². The molecule has 0 aromatic rings. The molecule has 1 fully saturated rings. The van der Waals surface area contributed by atoms with Crippen LogP contribution in [-0.4, -0.2) is 55.0 Å². The Kier molecular flexibility index (Phi) is 4.36. The van der Waals surface area contributed by atoms with Crippen molar-refractivity contribution in [2.75, 3.05) is 31.3 Å². The number of sulfonamides is 1. The molecule has 14 heavy (non-hydrogen) atoms. The van der Waals surface area contributed by atoms with Gasteiger partial charge in [-0.1, -0.05) is 15.9 Å². The number of halogens is 1. The summed E-state index contributed by atoms with van der Waals surface area (Å²) >= 11 is 3.03. The van der Waals surface area contributed by atoms with Gasteiger partial charge in [0.15, 0.2) is 0 Å². The first kappa shape index (κ1) is 12.4. The van der Waals surface area contributed by atoms with Gasteiger partial charge in [0.2, 0.25) is 10.0 Å². The number of likely N-dealkylation sites (N-methyl/N-ethyl adjacent to an activating group) is 1. The molecule has 0 aromatic heterocycles. The minimum Gasteiger partial charge on any atom is -0.305 e. The third-order valence-corrected chi connectivity index (χ3v) is 5.75. The van der Waals surface area contributed by atoms with Crippen LogP contribution in [0.3, 0.4) is 0 Å². The van der Waals surface area contributed by atoms with Crippen LogP contribution in [-0.2, 0) is 10.0 Å². The number of nitrogens with zero attached hydrogens (tertiary/aromatic N) is 2. The van der Waals surface area contributed by atoms with Crippen LogP contribution < -0.4 is 0 Å². The highest BCUT2D eigenvalue weighted by atomic mass is 79.9. The topological polar surface area (TPSA) is 40.6 Å². The van der Waals surface area contributed by atoms with Gasteiger partial charge < -0.3 is 4.90 Å². The molecular formula is C8H17BrN2O2S. The van der Waals surface area contributed by atoms with Gasteiger partial charge in [0, 0.05) is 19.1 Å². The zero-order chi connectivity index (χ0) is 10.8. The summed E-state index contributed by atoms with van der Waals surface area (Å²) in [5.41, 5.74) is 0. The quantitative estimate of drug-likeness (QED) is 0.701. The number of alkyl halides is 1. The lowest BCUT2D eigenvalue weighted by atomic mass is 10.3. The molecule has 0 spiro atoms. The molecule has 1 saturated heterocycles. The largest absolute Gasteiger partial charge is 0.305 e. The Morgan fingerprint density at radius 2 is 2.07 bits per heavy atom. The lowest BCUT2D eigenvalue weighted by Crippen LogP contribution is -2.42. The zero-order valence-electron chi connectivity index (χ0n) is 8.61. The highest BCUT2D eigenvalue weighted by Gasteiger charge is 2.28. The second-order valence-corrected chi connectivity index (χ2v) is 7.02. The van der Waals surface area contributed by atoms with Crippen molar-refractivity contribution in [1.29, 1.82) is 0 Å². The van der Waals surface area contributed by atoms with Crippen molar-refractivity contribution in [3.05, 3.63) is 0 Å². The molecule has 1 atom stereocenters. The third-order valence-electron chi connectivity index (χ3n) is 2.48. The minimum atomic E-state index is -3.09. The Bertz CT molecular complexity index is 281. The normalized spacial score (nSPS) is 27.5. The first-order valence-electron chi connectivity index (χ1n) is 4.71. The summed E-state index contributed by atoms with van der Waals surface area (Å²) in [5, 5.41) is 0. The first-order chi connectivity index (χ1) is 6.47. The van der Waals surface area contributed by atoms with E-state index in [1.165, 1.54) is 0 Å². The average Bonchev–Trinajstić information content (AvgIpc) is 2.27. The van der Waals surface area contributed by atoms with Gasteiger partial charge >= 0.3 is 0 Å². The van der Waals surface area contributed by atoms with Crippen LogP contribution in [0.4, 0.5) is 0 Å². The fraction of sp³-hybridized carbons (Fsp3) is 1.00. The van der Waals surface area contributed by atoms with Crippen molar-refractivity contribution in [1.82, 2.24) is 9.21 Å². The smallest absolute Gasteiger partial charge is 0.224 e. The standard InChI is InChI=1S/C8H17BrN2O2S/c1-8-6-10(2)4-3-5-11(8)14(12,13)7-9/h8H,3-7H2,1-2H3. The van der Waals surface area contributed by atoms with E-state index in [0.29, 0.717) is 6.54 Å². The van der Waals surface area contributed by atoms with Crippen LogP contribution in [0.2, 0.25) is 0 Å². The van der Waals surface area contributed by atoms with Crippen LogP contribution in [0, 0.1) is 0 Å². The average molecular weight is 285 g/mol.